The number of nitrogens with one attached hydrogen (secondary N) is 1. The second-order valence-corrected chi connectivity index (χ2v) is 4.16. The lowest BCUT2D eigenvalue weighted by atomic mass is 10.1. The third kappa shape index (κ3) is 1.79. The van der Waals surface area contributed by atoms with E-state index in [1.54, 1.807) is 0 Å². The Balaban J connectivity index is 2.13. The molecule has 13 heavy (non-hydrogen) atoms. The van der Waals surface area contributed by atoms with Crippen LogP contribution < -0.4 is 5.32 Å². The van der Waals surface area contributed by atoms with Gasteiger partial charge in [-0.25, -0.2) is 0 Å². The van der Waals surface area contributed by atoms with Gasteiger partial charge in [0, 0.05) is 23.2 Å². The molecule has 1 aliphatic rings. The highest BCUT2D eigenvalue weighted by Crippen LogP contribution is 2.37. The van der Waals surface area contributed by atoms with Crippen molar-refractivity contribution in [3.05, 3.63) is 42.5 Å². The van der Waals surface area contributed by atoms with E-state index in [1.807, 2.05) is 17.8 Å². The molecule has 0 amide bonds. The second-order valence-electron chi connectivity index (χ2n) is 3.10. The first-order valence-corrected chi connectivity index (χ1v) is 5.46. The molecule has 68 valence electrons. The van der Waals surface area contributed by atoms with Gasteiger partial charge >= 0.3 is 0 Å². The maximum Gasteiger partial charge on any atom is 0.0428 e. The van der Waals surface area contributed by atoms with Crippen LogP contribution in [0.1, 0.15) is 11.6 Å². The number of benzene rings is 1. The molecular formula is C11H13NS. The van der Waals surface area contributed by atoms with Gasteiger partial charge in [0.15, 0.2) is 0 Å². The van der Waals surface area contributed by atoms with E-state index < -0.39 is 0 Å². The molecule has 0 aromatic heterocycles. The maximum atomic E-state index is 3.71. The second kappa shape index (κ2) is 3.99. The van der Waals surface area contributed by atoms with Crippen molar-refractivity contribution in [2.45, 2.75) is 10.9 Å². The van der Waals surface area contributed by atoms with Crippen LogP contribution in [-0.4, -0.2) is 12.3 Å². The highest BCUT2D eigenvalue weighted by atomic mass is 32.2. The topological polar surface area (TPSA) is 12.0 Å². The van der Waals surface area contributed by atoms with E-state index in [9.17, 15) is 0 Å². The molecule has 0 saturated carbocycles. The lowest BCUT2D eigenvalue weighted by Gasteiger charge is -2.10. The summed E-state index contributed by atoms with van der Waals surface area (Å²) in [6.07, 6.45) is 1.91. The summed E-state index contributed by atoms with van der Waals surface area (Å²) in [7, 11) is 0. The van der Waals surface area contributed by atoms with Gasteiger partial charge in [-0.15, -0.1) is 18.3 Å². The zero-order valence-corrected chi connectivity index (χ0v) is 8.31. The summed E-state index contributed by atoms with van der Waals surface area (Å²) in [5.41, 5.74) is 1.44. The molecule has 1 unspecified atom stereocenters. The summed E-state index contributed by atoms with van der Waals surface area (Å²) in [6.45, 7) is 4.60. The Morgan fingerprint density at radius 2 is 2.38 bits per heavy atom. The largest absolute Gasteiger partial charge is 0.306 e. The van der Waals surface area contributed by atoms with E-state index in [1.165, 1.54) is 10.5 Å². The average molecular weight is 191 g/mol. The number of hydrogen-bond donors (Lipinski definition) is 1. The van der Waals surface area contributed by atoms with Crippen molar-refractivity contribution in [2.75, 3.05) is 12.3 Å². The minimum atomic E-state index is 0.513. The molecule has 1 N–H and O–H groups in total. The van der Waals surface area contributed by atoms with Gasteiger partial charge in [0.2, 0.25) is 0 Å². The molecule has 2 rings (SSSR count). The predicted molar refractivity (Wildman–Crippen MR) is 58.1 cm³/mol. The zero-order valence-electron chi connectivity index (χ0n) is 7.49. The highest BCUT2D eigenvalue weighted by molar-refractivity contribution is 7.99. The normalized spacial score (nSPS) is 19.8. The van der Waals surface area contributed by atoms with E-state index in [0.717, 1.165) is 12.3 Å². The number of rotatable bonds is 3. The van der Waals surface area contributed by atoms with Gasteiger partial charge in [-0.3, -0.25) is 0 Å². The molecule has 0 bridgehead atoms. The summed E-state index contributed by atoms with van der Waals surface area (Å²) in [4.78, 5) is 1.42. The van der Waals surface area contributed by atoms with E-state index in [2.05, 4.69) is 36.2 Å². The molecule has 0 radical (unpaired) electrons. The molecule has 1 aliphatic heterocycles. The molecule has 1 nitrogen and oxygen atoms in total. The van der Waals surface area contributed by atoms with Crippen molar-refractivity contribution in [1.82, 2.24) is 5.32 Å². The van der Waals surface area contributed by atoms with E-state index >= 15 is 0 Å². The Morgan fingerprint density at radius 1 is 1.54 bits per heavy atom. The third-order valence-electron chi connectivity index (χ3n) is 2.21. The Bertz CT molecular complexity index is 309. The van der Waals surface area contributed by atoms with Crippen LogP contribution in [0, 0.1) is 0 Å². The van der Waals surface area contributed by atoms with Crippen LogP contribution in [0.25, 0.3) is 0 Å². The lowest BCUT2D eigenvalue weighted by Crippen LogP contribution is -2.20. The van der Waals surface area contributed by atoms with Crippen molar-refractivity contribution in [3.63, 3.8) is 0 Å². The summed E-state index contributed by atoms with van der Waals surface area (Å²) >= 11 is 1.93. The van der Waals surface area contributed by atoms with Gasteiger partial charge in [0.05, 0.1) is 0 Å². The zero-order chi connectivity index (χ0) is 9.10. The van der Waals surface area contributed by atoms with E-state index in [-0.39, 0.29) is 0 Å². The van der Waals surface area contributed by atoms with Crippen LogP contribution in [0.2, 0.25) is 0 Å². The molecule has 1 aromatic rings. The number of thioether (sulfide) groups is 1. The number of fused-ring (bicyclic) bond motifs is 1. The first-order valence-electron chi connectivity index (χ1n) is 4.48. The summed E-state index contributed by atoms with van der Waals surface area (Å²) in [6, 6.07) is 9.11. The molecule has 0 saturated heterocycles. The SMILES string of the molecule is C=CCNC1CSc2ccccc21. The molecule has 0 spiro atoms. The van der Waals surface area contributed by atoms with Crippen molar-refractivity contribution in [1.29, 1.82) is 0 Å². The first-order chi connectivity index (χ1) is 6.42. The van der Waals surface area contributed by atoms with Gasteiger partial charge in [0.25, 0.3) is 0 Å². The monoisotopic (exact) mass is 191 g/mol. The van der Waals surface area contributed by atoms with Crippen molar-refractivity contribution < 1.29 is 0 Å². The maximum absolute atomic E-state index is 3.71. The van der Waals surface area contributed by atoms with Crippen molar-refractivity contribution in [2.24, 2.45) is 0 Å². The molecule has 1 heterocycles. The molecule has 1 aromatic carbocycles. The van der Waals surface area contributed by atoms with Gasteiger partial charge in [-0.1, -0.05) is 24.3 Å². The molecular weight excluding hydrogens is 178 g/mol. The first kappa shape index (κ1) is 8.85. The molecule has 0 aliphatic carbocycles. The Morgan fingerprint density at radius 3 is 3.23 bits per heavy atom. The fraction of sp³-hybridized carbons (Fsp3) is 0.273. The molecule has 2 heteroatoms. The van der Waals surface area contributed by atoms with Crippen LogP contribution in [0.5, 0.6) is 0 Å². The smallest absolute Gasteiger partial charge is 0.0428 e. The quantitative estimate of drug-likeness (QED) is 0.737. The van der Waals surface area contributed by atoms with Crippen LogP contribution >= 0.6 is 11.8 Å². The molecule has 1 atom stereocenters. The third-order valence-corrected chi connectivity index (χ3v) is 3.39. The minimum Gasteiger partial charge on any atom is -0.306 e. The predicted octanol–water partition coefficient (Wildman–Crippen LogP) is 2.61. The van der Waals surface area contributed by atoms with Gasteiger partial charge in [-0.2, -0.15) is 0 Å². The van der Waals surface area contributed by atoms with Crippen LogP contribution in [0.15, 0.2) is 41.8 Å². The van der Waals surface area contributed by atoms with Gasteiger partial charge in [0.1, 0.15) is 0 Å². The fourth-order valence-corrected chi connectivity index (χ4v) is 2.75. The van der Waals surface area contributed by atoms with Crippen molar-refractivity contribution in [3.8, 4) is 0 Å². The van der Waals surface area contributed by atoms with Crippen molar-refractivity contribution >= 4 is 11.8 Å². The summed E-state index contributed by atoms with van der Waals surface area (Å²) in [5.74, 6) is 1.15. The summed E-state index contributed by atoms with van der Waals surface area (Å²) < 4.78 is 0. The minimum absolute atomic E-state index is 0.513. The Labute approximate surface area is 83.2 Å². The Kier molecular flexibility index (Phi) is 2.71. The average Bonchev–Trinajstić information content (AvgIpc) is 2.58. The fourth-order valence-electron chi connectivity index (χ4n) is 1.56. The highest BCUT2D eigenvalue weighted by Gasteiger charge is 2.20. The lowest BCUT2D eigenvalue weighted by molar-refractivity contribution is 0.628. The van der Waals surface area contributed by atoms with Crippen LogP contribution in [0.4, 0.5) is 0 Å². The van der Waals surface area contributed by atoms with E-state index in [0.29, 0.717) is 6.04 Å². The molecule has 0 fully saturated rings. The van der Waals surface area contributed by atoms with Crippen LogP contribution in [0.3, 0.4) is 0 Å². The standard InChI is InChI=1S/C11H13NS/c1-2-7-12-10-8-13-11-6-4-3-5-9(10)11/h2-6,10,12H,1,7-8H2. The van der Waals surface area contributed by atoms with Gasteiger partial charge in [-0.05, 0) is 11.6 Å². The van der Waals surface area contributed by atoms with Crippen LogP contribution in [-0.2, 0) is 0 Å². The van der Waals surface area contributed by atoms with Gasteiger partial charge < -0.3 is 5.32 Å². The van der Waals surface area contributed by atoms with E-state index in [4.69, 9.17) is 0 Å². The Hall–Kier alpha value is -0.730. The number of hydrogen-bond acceptors (Lipinski definition) is 2. The summed E-state index contributed by atoms with van der Waals surface area (Å²) in [5, 5.41) is 3.45.